The van der Waals surface area contributed by atoms with E-state index in [1.807, 2.05) is 6.92 Å². The maximum atomic E-state index is 5.71. The van der Waals surface area contributed by atoms with Crippen LogP contribution in [0.4, 0.5) is 0 Å². The van der Waals surface area contributed by atoms with Gasteiger partial charge < -0.3 is 16.2 Å². The second kappa shape index (κ2) is 2.14. The lowest BCUT2D eigenvalue weighted by Crippen LogP contribution is -2.54. The Kier molecular flexibility index (Phi) is 1.58. The van der Waals surface area contributed by atoms with Crippen LogP contribution in [-0.2, 0) is 4.74 Å². The molecule has 0 aromatic heterocycles. The number of hydrogen-bond acceptors (Lipinski definition) is 4. The second-order valence-electron chi connectivity index (χ2n) is 2.52. The first-order valence-electron chi connectivity index (χ1n) is 3.25. The van der Waals surface area contributed by atoms with Crippen LogP contribution in [0.25, 0.3) is 0 Å². The fourth-order valence-corrected chi connectivity index (χ4v) is 0.964. The number of ether oxygens (including phenoxy) is 1. The zero-order chi connectivity index (χ0) is 7.78. The van der Waals surface area contributed by atoms with Gasteiger partial charge in [-0.15, -0.1) is 0 Å². The summed E-state index contributed by atoms with van der Waals surface area (Å²) in [5, 5.41) is 0. The minimum Gasteiger partial charge on any atom is -0.454 e. The van der Waals surface area contributed by atoms with Crippen LogP contribution < -0.4 is 17.2 Å². The molecule has 1 atom stereocenters. The normalized spacial score (nSPS) is 31.5. The van der Waals surface area contributed by atoms with Gasteiger partial charge in [0.05, 0.1) is 0 Å². The topological polar surface area (TPSA) is 87.3 Å². The summed E-state index contributed by atoms with van der Waals surface area (Å²) in [5.74, 6) is 0.441. The van der Waals surface area contributed by atoms with Crippen molar-refractivity contribution < 1.29 is 4.74 Å². The maximum Gasteiger partial charge on any atom is 0.191 e. The van der Waals surface area contributed by atoms with Crippen LogP contribution in [0.1, 0.15) is 13.3 Å². The van der Waals surface area contributed by atoms with Crippen LogP contribution in [0.3, 0.4) is 0 Å². The van der Waals surface area contributed by atoms with Crippen molar-refractivity contribution in [3.05, 3.63) is 11.5 Å². The maximum absolute atomic E-state index is 5.71. The molecular weight excluding hydrogens is 130 g/mol. The zero-order valence-corrected chi connectivity index (χ0v) is 6.05. The highest BCUT2D eigenvalue weighted by molar-refractivity contribution is 5.24. The number of hydrogen-bond donors (Lipinski definition) is 3. The molecule has 0 bridgehead atoms. The highest BCUT2D eigenvalue weighted by atomic mass is 16.5. The van der Waals surface area contributed by atoms with Gasteiger partial charge in [0, 0.05) is 12.0 Å². The van der Waals surface area contributed by atoms with Crippen LogP contribution in [0, 0.1) is 0 Å². The molecule has 1 aliphatic heterocycles. The van der Waals surface area contributed by atoms with E-state index in [2.05, 4.69) is 0 Å². The average molecular weight is 143 g/mol. The van der Waals surface area contributed by atoms with Gasteiger partial charge in [-0.3, -0.25) is 5.73 Å². The van der Waals surface area contributed by atoms with Gasteiger partial charge in [0.2, 0.25) is 0 Å². The first kappa shape index (κ1) is 7.37. The van der Waals surface area contributed by atoms with Crippen molar-refractivity contribution >= 4 is 0 Å². The molecule has 58 valence electrons. The molecule has 0 amide bonds. The van der Waals surface area contributed by atoms with E-state index in [9.17, 15) is 0 Å². The Balaban J connectivity index is 2.61. The molecule has 0 saturated heterocycles. The van der Waals surface area contributed by atoms with Crippen LogP contribution >= 0.6 is 0 Å². The predicted molar refractivity (Wildman–Crippen MR) is 38.6 cm³/mol. The predicted octanol–water partition coefficient (Wildman–Crippen LogP) is -0.789. The molecule has 0 aliphatic carbocycles. The molecule has 1 unspecified atom stereocenters. The summed E-state index contributed by atoms with van der Waals surface area (Å²) in [6.45, 7) is 2.37. The molecule has 0 saturated carbocycles. The van der Waals surface area contributed by atoms with Gasteiger partial charge in [0.25, 0.3) is 0 Å². The lowest BCUT2D eigenvalue weighted by Gasteiger charge is -2.39. The summed E-state index contributed by atoms with van der Waals surface area (Å²) < 4.78 is 5.03. The first-order chi connectivity index (χ1) is 4.60. The van der Waals surface area contributed by atoms with Gasteiger partial charge in [-0.1, -0.05) is 0 Å². The summed E-state index contributed by atoms with van der Waals surface area (Å²) in [7, 11) is 0. The molecule has 1 aliphatic rings. The van der Waals surface area contributed by atoms with Gasteiger partial charge in [-0.2, -0.15) is 0 Å². The Morgan fingerprint density at radius 2 is 2.20 bits per heavy atom. The molecule has 0 aromatic rings. The van der Waals surface area contributed by atoms with Crippen LogP contribution in [-0.4, -0.2) is 12.3 Å². The molecule has 0 radical (unpaired) electrons. The van der Waals surface area contributed by atoms with Crippen LogP contribution in [0.2, 0.25) is 0 Å². The Labute approximate surface area is 60.0 Å². The van der Waals surface area contributed by atoms with E-state index in [0.29, 0.717) is 18.8 Å². The van der Waals surface area contributed by atoms with Crippen molar-refractivity contribution in [1.29, 1.82) is 0 Å². The van der Waals surface area contributed by atoms with E-state index in [1.54, 1.807) is 0 Å². The second-order valence-corrected chi connectivity index (χ2v) is 2.52. The fraction of sp³-hybridized carbons (Fsp3) is 0.667. The summed E-state index contributed by atoms with van der Waals surface area (Å²) in [4.78, 5) is 0. The molecule has 10 heavy (non-hydrogen) atoms. The first-order valence-corrected chi connectivity index (χ1v) is 3.25. The molecule has 4 nitrogen and oxygen atoms in total. The minimum atomic E-state index is -0.668. The summed E-state index contributed by atoms with van der Waals surface area (Å²) in [6.07, 6.45) is 0.625. The van der Waals surface area contributed by atoms with Gasteiger partial charge in [-0.25, -0.2) is 0 Å². The fourth-order valence-electron chi connectivity index (χ4n) is 0.964. The third-order valence-electron chi connectivity index (χ3n) is 1.81. The largest absolute Gasteiger partial charge is 0.454 e. The lowest BCUT2D eigenvalue weighted by atomic mass is 9.98. The molecule has 1 heterocycles. The van der Waals surface area contributed by atoms with Crippen molar-refractivity contribution in [3.8, 4) is 0 Å². The summed E-state index contributed by atoms with van der Waals surface area (Å²) in [6, 6.07) is 0. The Morgan fingerprint density at radius 1 is 1.60 bits per heavy atom. The molecule has 0 spiro atoms. The molecule has 0 aromatic carbocycles. The van der Waals surface area contributed by atoms with Crippen LogP contribution in [0.5, 0.6) is 0 Å². The van der Waals surface area contributed by atoms with Gasteiger partial charge in [0.1, 0.15) is 0 Å². The van der Waals surface area contributed by atoms with Gasteiger partial charge in [-0.05, 0) is 13.5 Å². The number of nitrogens with two attached hydrogens (primary N) is 3. The monoisotopic (exact) mass is 143 g/mol. The van der Waals surface area contributed by atoms with E-state index in [4.69, 9.17) is 21.9 Å². The molecule has 1 rings (SSSR count). The Hall–Kier alpha value is -0.740. The third kappa shape index (κ3) is 0.853. The lowest BCUT2D eigenvalue weighted by molar-refractivity contribution is -0.0230. The van der Waals surface area contributed by atoms with Crippen molar-refractivity contribution in [2.75, 3.05) is 6.54 Å². The van der Waals surface area contributed by atoms with E-state index in [-0.39, 0.29) is 0 Å². The van der Waals surface area contributed by atoms with E-state index < -0.39 is 5.72 Å². The average Bonchev–Trinajstić information content (AvgIpc) is 1.88. The van der Waals surface area contributed by atoms with Crippen molar-refractivity contribution in [1.82, 2.24) is 0 Å². The van der Waals surface area contributed by atoms with Gasteiger partial charge in [0.15, 0.2) is 11.6 Å². The molecule has 4 heteroatoms. The smallest absolute Gasteiger partial charge is 0.191 e. The van der Waals surface area contributed by atoms with E-state index in [0.717, 1.165) is 5.57 Å². The van der Waals surface area contributed by atoms with Crippen molar-refractivity contribution in [2.45, 2.75) is 19.1 Å². The SMILES string of the molecule is CC1=C(N)OC1(N)CCN. The number of rotatable bonds is 2. The van der Waals surface area contributed by atoms with E-state index >= 15 is 0 Å². The standard InChI is InChI=1S/C6H13N3O/c1-4-5(8)10-6(4,9)2-3-7/h2-3,7-9H2,1H3. The Bertz CT molecular complexity index is 178. The molecule has 6 N–H and O–H groups in total. The summed E-state index contributed by atoms with van der Waals surface area (Å²) >= 11 is 0. The quantitative estimate of drug-likeness (QED) is 0.472. The van der Waals surface area contributed by atoms with Gasteiger partial charge >= 0.3 is 0 Å². The van der Waals surface area contributed by atoms with Crippen molar-refractivity contribution in [2.24, 2.45) is 17.2 Å². The third-order valence-corrected chi connectivity index (χ3v) is 1.81. The zero-order valence-electron chi connectivity index (χ0n) is 6.05. The van der Waals surface area contributed by atoms with Crippen molar-refractivity contribution in [3.63, 3.8) is 0 Å². The molecule has 0 fully saturated rings. The van der Waals surface area contributed by atoms with E-state index in [1.165, 1.54) is 0 Å². The summed E-state index contributed by atoms with van der Waals surface area (Å²) in [5.41, 5.74) is 16.6. The van der Waals surface area contributed by atoms with Crippen LogP contribution in [0.15, 0.2) is 11.5 Å². The minimum absolute atomic E-state index is 0.441. The molecular formula is C6H13N3O. The highest BCUT2D eigenvalue weighted by Gasteiger charge is 2.39. The highest BCUT2D eigenvalue weighted by Crippen LogP contribution is 2.31. The Morgan fingerprint density at radius 3 is 2.50 bits per heavy atom.